The summed E-state index contributed by atoms with van der Waals surface area (Å²) in [7, 11) is -2.06. The van der Waals surface area contributed by atoms with Gasteiger partial charge in [0.25, 0.3) is 5.91 Å². The molecule has 1 unspecified atom stereocenters. The number of rotatable bonds is 5. The molecule has 0 spiro atoms. The van der Waals surface area contributed by atoms with Crippen LogP contribution in [0.5, 0.6) is 11.5 Å². The van der Waals surface area contributed by atoms with Crippen LogP contribution in [0.15, 0.2) is 42.5 Å². The number of nitrogens with zero attached hydrogens (tertiary/aromatic N) is 1. The Morgan fingerprint density at radius 3 is 2.74 bits per heavy atom. The largest absolute Gasteiger partial charge is 0.495 e. The SMILES string of the molecule is CCS(=O)(=O)N1CC(C(=O)Nc2ccc(OC)c(Cl)c2)Oc2ccccc21. The predicted octanol–water partition coefficient (Wildman–Crippen LogP) is 2.90. The highest BCUT2D eigenvalue weighted by Crippen LogP contribution is 2.35. The number of para-hydroxylation sites is 2. The van der Waals surface area contributed by atoms with Crippen LogP contribution in [0.3, 0.4) is 0 Å². The van der Waals surface area contributed by atoms with E-state index in [4.69, 9.17) is 21.1 Å². The lowest BCUT2D eigenvalue weighted by atomic mass is 10.2. The Labute approximate surface area is 162 Å². The molecule has 0 aliphatic carbocycles. The molecule has 0 saturated heterocycles. The zero-order valence-corrected chi connectivity index (χ0v) is 16.4. The van der Waals surface area contributed by atoms with E-state index in [1.807, 2.05) is 0 Å². The molecule has 0 saturated carbocycles. The molecule has 1 amide bonds. The molecule has 0 bridgehead atoms. The van der Waals surface area contributed by atoms with Gasteiger partial charge in [-0.05, 0) is 37.3 Å². The van der Waals surface area contributed by atoms with Crippen molar-refractivity contribution >= 4 is 38.9 Å². The van der Waals surface area contributed by atoms with Gasteiger partial charge in [-0.2, -0.15) is 0 Å². The second-order valence-corrected chi connectivity index (χ2v) is 8.43. The molecule has 1 aliphatic heterocycles. The molecule has 1 aliphatic rings. The van der Waals surface area contributed by atoms with Gasteiger partial charge in [0.2, 0.25) is 10.0 Å². The summed E-state index contributed by atoms with van der Waals surface area (Å²) in [6.45, 7) is 1.45. The summed E-state index contributed by atoms with van der Waals surface area (Å²) in [6, 6.07) is 11.6. The number of benzene rings is 2. The van der Waals surface area contributed by atoms with Crippen LogP contribution in [-0.2, 0) is 14.8 Å². The zero-order valence-electron chi connectivity index (χ0n) is 14.8. The average Bonchev–Trinajstić information content (AvgIpc) is 2.67. The maximum atomic E-state index is 12.7. The first kappa shape index (κ1) is 19.3. The quantitative estimate of drug-likeness (QED) is 0.819. The number of methoxy groups -OCH3 is 1. The maximum Gasteiger partial charge on any atom is 0.267 e. The number of nitrogens with one attached hydrogen (secondary N) is 1. The van der Waals surface area contributed by atoms with E-state index in [0.29, 0.717) is 27.9 Å². The summed E-state index contributed by atoms with van der Waals surface area (Å²) in [5.74, 6) is 0.275. The van der Waals surface area contributed by atoms with Crippen LogP contribution in [0.1, 0.15) is 6.92 Å². The molecular formula is C18H19ClN2O5S. The van der Waals surface area contributed by atoms with Crippen LogP contribution < -0.4 is 19.1 Å². The van der Waals surface area contributed by atoms with Gasteiger partial charge < -0.3 is 14.8 Å². The molecule has 1 N–H and O–H groups in total. The minimum absolute atomic E-state index is 0.0796. The van der Waals surface area contributed by atoms with Crippen molar-refractivity contribution in [3.8, 4) is 11.5 Å². The van der Waals surface area contributed by atoms with E-state index in [9.17, 15) is 13.2 Å². The van der Waals surface area contributed by atoms with Crippen LogP contribution in [0.25, 0.3) is 0 Å². The number of ether oxygens (including phenoxy) is 2. The number of carbonyl (C=O) groups excluding carboxylic acids is 1. The monoisotopic (exact) mass is 410 g/mol. The molecular weight excluding hydrogens is 392 g/mol. The summed E-state index contributed by atoms with van der Waals surface area (Å²) < 4.78 is 37.0. The van der Waals surface area contributed by atoms with Crippen molar-refractivity contribution in [2.24, 2.45) is 0 Å². The Kier molecular flexibility index (Phi) is 5.48. The second-order valence-electron chi connectivity index (χ2n) is 5.84. The summed E-state index contributed by atoms with van der Waals surface area (Å²) >= 11 is 6.07. The van der Waals surface area contributed by atoms with E-state index in [-0.39, 0.29) is 12.3 Å². The van der Waals surface area contributed by atoms with Crippen molar-refractivity contribution in [2.75, 3.05) is 29.0 Å². The maximum absolute atomic E-state index is 12.7. The smallest absolute Gasteiger partial charge is 0.267 e. The number of hydrogen-bond donors (Lipinski definition) is 1. The van der Waals surface area contributed by atoms with E-state index >= 15 is 0 Å². The van der Waals surface area contributed by atoms with Gasteiger partial charge in [0.1, 0.15) is 11.5 Å². The van der Waals surface area contributed by atoms with Crippen molar-refractivity contribution in [3.05, 3.63) is 47.5 Å². The molecule has 2 aromatic rings. The number of sulfonamides is 1. The van der Waals surface area contributed by atoms with E-state index in [1.54, 1.807) is 49.4 Å². The number of amides is 1. The van der Waals surface area contributed by atoms with Crippen LogP contribution in [0, 0.1) is 0 Å². The second kappa shape index (κ2) is 7.66. The molecule has 144 valence electrons. The van der Waals surface area contributed by atoms with Gasteiger partial charge in [-0.1, -0.05) is 23.7 Å². The van der Waals surface area contributed by atoms with Crippen molar-refractivity contribution < 1.29 is 22.7 Å². The lowest BCUT2D eigenvalue weighted by Crippen LogP contribution is -2.49. The molecule has 27 heavy (non-hydrogen) atoms. The van der Waals surface area contributed by atoms with Gasteiger partial charge in [0.15, 0.2) is 6.10 Å². The summed E-state index contributed by atoms with van der Waals surface area (Å²) in [4.78, 5) is 12.7. The van der Waals surface area contributed by atoms with E-state index < -0.39 is 22.0 Å². The van der Waals surface area contributed by atoms with Gasteiger partial charge in [0.05, 0.1) is 30.1 Å². The highest BCUT2D eigenvalue weighted by atomic mass is 35.5. The first-order valence-electron chi connectivity index (χ1n) is 8.26. The number of anilines is 2. The molecule has 2 aromatic carbocycles. The van der Waals surface area contributed by atoms with Crippen LogP contribution in [0.2, 0.25) is 5.02 Å². The number of fused-ring (bicyclic) bond motifs is 1. The molecule has 0 radical (unpaired) electrons. The lowest BCUT2D eigenvalue weighted by molar-refractivity contribution is -0.122. The van der Waals surface area contributed by atoms with Crippen LogP contribution in [0.4, 0.5) is 11.4 Å². The zero-order chi connectivity index (χ0) is 19.6. The lowest BCUT2D eigenvalue weighted by Gasteiger charge is -2.34. The van der Waals surface area contributed by atoms with Gasteiger partial charge >= 0.3 is 0 Å². The van der Waals surface area contributed by atoms with Gasteiger partial charge in [0, 0.05) is 5.69 Å². The van der Waals surface area contributed by atoms with Crippen molar-refractivity contribution in [2.45, 2.75) is 13.0 Å². The Morgan fingerprint density at radius 2 is 2.07 bits per heavy atom. The highest BCUT2D eigenvalue weighted by Gasteiger charge is 2.35. The van der Waals surface area contributed by atoms with Gasteiger partial charge in [-0.3, -0.25) is 9.10 Å². The summed E-state index contributed by atoms with van der Waals surface area (Å²) in [5.41, 5.74) is 0.883. The van der Waals surface area contributed by atoms with E-state index in [2.05, 4.69) is 5.32 Å². The molecule has 1 heterocycles. The fourth-order valence-electron chi connectivity index (χ4n) is 2.72. The Hall–Kier alpha value is -2.45. The minimum atomic E-state index is -3.55. The summed E-state index contributed by atoms with van der Waals surface area (Å²) in [5, 5.41) is 3.05. The van der Waals surface area contributed by atoms with Crippen molar-refractivity contribution in [3.63, 3.8) is 0 Å². The molecule has 0 fully saturated rings. The van der Waals surface area contributed by atoms with E-state index in [1.165, 1.54) is 11.4 Å². The Bertz CT molecular complexity index is 964. The van der Waals surface area contributed by atoms with Crippen LogP contribution >= 0.6 is 11.6 Å². The van der Waals surface area contributed by atoms with Crippen molar-refractivity contribution in [1.82, 2.24) is 0 Å². The molecule has 0 aromatic heterocycles. The summed E-state index contributed by atoms with van der Waals surface area (Å²) in [6.07, 6.45) is -0.998. The number of carbonyl (C=O) groups is 1. The van der Waals surface area contributed by atoms with E-state index in [0.717, 1.165) is 0 Å². The highest BCUT2D eigenvalue weighted by molar-refractivity contribution is 7.92. The Morgan fingerprint density at radius 1 is 1.33 bits per heavy atom. The van der Waals surface area contributed by atoms with Crippen LogP contribution in [-0.4, -0.2) is 39.8 Å². The van der Waals surface area contributed by atoms with Gasteiger partial charge in [-0.15, -0.1) is 0 Å². The fraction of sp³-hybridized carbons (Fsp3) is 0.278. The number of hydrogen-bond acceptors (Lipinski definition) is 5. The third kappa shape index (κ3) is 3.96. The van der Waals surface area contributed by atoms with Gasteiger partial charge in [-0.25, -0.2) is 8.42 Å². The minimum Gasteiger partial charge on any atom is -0.495 e. The predicted molar refractivity (Wildman–Crippen MR) is 104 cm³/mol. The molecule has 9 heteroatoms. The third-order valence-electron chi connectivity index (χ3n) is 4.15. The average molecular weight is 411 g/mol. The standard InChI is InChI=1S/C18H19ClN2O5S/c1-3-27(23,24)21-11-17(26-16-7-5-4-6-14(16)21)18(22)20-12-8-9-15(25-2)13(19)10-12/h4-10,17H,3,11H2,1-2H3,(H,20,22). The number of halogens is 1. The molecule has 3 rings (SSSR count). The van der Waals surface area contributed by atoms with Crippen molar-refractivity contribution in [1.29, 1.82) is 0 Å². The normalized spacial score (nSPS) is 16.3. The molecule has 7 nitrogen and oxygen atoms in total. The first-order chi connectivity index (χ1) is 12.9. The Balaban J connectivity index is 1.85. The first-order valence-corrected chi connectivity index (χ1v) is 10.2. The third-order valence-corrected chi connectivity index (χ3v) is 6.19. The molecule has 1 atom stereocenters. The fourth-order valence-corrected chi connectivity index (χ4v) is 4.11. The topological polar surface area (TPSA) is 84.9 Å².